The van der Waals surface area contributed by atoms with Gasteiger partial charge in [-0.2, -0.15) is 0 Å². The molecule has 3 aromatic carbocycles. The average molecular weight is 482 g/mol. The zero-order valence-electron chi connectivity index (χ0n) is 18.1. The Bertz CT molecular complexity index is 1230. The number of benzene rings is 3. The van der Waals surface area contributed by atoms with Crippen molar-refractivity contribution in [3.63, 3.8) is 0 Å². The van der Waals surface area contributed by atoms with Crippen LogP contribution in [0, 0.1) is 16.0 Å². The van der Waals surface area contributed by atoms with E-state index in [4.69, 9.17) is 21.1 Å². The van der Waals surface area contributed by atoms with E-state index in [1.54, 1.807) is 48.5 Å². The van der Waals surface area contributed by atoms with Crippen molar-refractivity contribution >= 4 is 40.5 Å². The maximum atomic E-state index is 12.8. The van der Waals surface area contributed by atoms with Gasteiger partial charge in [-0.15, -0.1) is 0 Å². The first-order valence-electron chi connectivity index (χ1n) is 10.3. The second-order valence-electron chi connectivity index (χ2n) is 7.59. The number of rotatable bonds is 7. The molecule has 1 N–H and O–H groups in total. The third-order valence-corrected chi connectivity index (χ3v) is 5.58. The van der Waals surface area contributed by atoms with E-state index in [2.05, 4.69) is 5.32 Å². The van der Waals surface area contributed by atoms with Crippen LogP contribution in [0.3, 0.4) is 0 Å². The minimum atomic E-state index is -0.586. The van der Waals surface area contributed by atoms with Crippen LogP contribution in [0.5, 0.6) is 17.2 Å². The molecule has 3 aromatic rings. The van der Waals surface area contributed by atoms with Crippen LogP contribution in [0.2, 0.25) is 5.02 Å². The Balaban J connectivity index is 1.40. The first kappa shape index (κ1) is 23.1. The van der Waals surface area contributed by atoms with Gasteiger partial charge >= 0.3 is 0 Å². The Morgan fingerprint density at radius 2 is 1.74 bits per heavy atom. The van der Waals surface area contributed by atoms with Gasteiger partial charge in [0.2, 0.25) is 11.8 Å². The highest BCUT2D eigenvalue weighted by atomic mass is 35.5. The SMILES string of the molecule is COc1cc([N+](=O)[O-])ccc1N1C[C@H](C(=O)Nc2ccc(Oc3ccc(Cl)cc3)cc2)CC1=O. The lowest BCUT2D eigenvalue weighted by Gasteiger charge is -2.19. The Labute approximate surface area is 200 Å². The number of methoxy groups -OCH3 is 1. The molecular formula is C24H20ClN3O6. The maximum absolute atomic E-state index is 12.8. The highest BCUT2D eigenvalue weighted by Crippen LogP contribution is 2.36. The highest BCUT2D eigenvalue weighted by Gasteiger charge is 2.36. The van der Waals surface area contributed by atoms with Crippen molar-refractivity contribution in [3.05, 3.63) is 81.9 Å². The summed E-state index contributed by atoms with van der Waals surface area (Å²) >= 11 is 5.87. The van der Waals surface area contributed by atoms with Gasteiger partial charge in [0.1, 0.15) is 17.2 Å². The number of hydrogen-bond acceptors (Lipinski definition) is 6. The van der Waals surface area contributed by atoms with Crippen molar-refractivity contribution in [1.29, 1.82) is 0 Å². The summed E-state index contributed by atoms with van der Waals surface area (Å²) < 4.78 is 11.0. The normalized spacial score (nSPS) is 15.2. The summed E-state index contributed by atoms with van der Waals surface area (Å²) in [5.74, 6) is 0.264. The molecule has 10 heteroatoms. The maximum Gasteiger partial charge on any atom is 0.273 e. The Kier molecular flexibility index (Phi) is 6.65. The summed E-state index contributed by atoms with van der Waals surface area (Å²) in [7, 11) is 1.37. The van der Waals surface area contributed by atoms with Gasteiger partial charge in [-0.05, 0) is 54.6 Å². The minimum Gasteiger partial charge on any atom is -0.494 e. The van der Waals surface area contributed by atoms with E-state index in [1.807, 2.05) is 0 Å². The molecule has 0 bridgehead atoms. The van der Waals surface area contributed by atoms with E-state index < -0.39 is 10.8 Å². The van der Waals surface area contributed by atoms with Crippen molar-refractivity contribution in [2.24, 2.45) is 5.92 Å². The molecule has 1 heterocycles. The molecule has 34 heavy (non-hydrogen) atoms. The number of halogens is 1. The number of ether oxygens (including phenoxy) is 2. The highest BCUT2D eigenvalue weighted by molar-refractivity contribution is 6.30. The molecule has 1 fully saturated rings. The van der Waals surface area contributed by atoms with Gasteiger partial charge in [0.15, 0.2) is 0 Å². The van der Waals surface area contributed by atoms with Crippen LogP contribution in [-0.4, -0.2) is 30.4 Å². The fraction of sp³-hybridized carbons (Fsp3) is 0.167. The number of nitro groups is 1. The second kappa shape index (κ2) is 9.80. The Morgan fingerprint density at radius 3 is 2.35 bits per heavy atom. The number of carbonyl (C=O) groups is 2. The molecule has 174 valence electrons. The van der Waals surface area contributed by atoms with Crippen molar-refractivity contribution in [1.82, 2.24) is 0 Å². The number of anilines is 2. The van der Waals surface area contributed by atoms with Crippen molar-refractivity contribution < 1.29 is 24.0 Å². The van der Waals surface area contributed by atoms with Crippen LogP contribution < -0.4 is 19.7 Å². The van der Waals surface area contributed by atoms with E-state index in [0.717, 1.165) is 0 Å². The van der Waals surface area contributed by atoms with Crippen LogP contribution in [0.25, 0.3) is 0 Å². The van der Waals surface area contributed by atoms with Crippen molar-refractivity contribution in [3.8, 4) is 17.2 Å². The fourth-order valence-corrected chi connectivity index (χ4v) is 3.73. The molecule has 0 aliphatic carbocycles. The van der Waals surface area contributed by atoms with Crippen LogP contribution >= 0.6 is 11.6 Å². The number of nitrogens with zero attached hydrogens (tertiary/aromatic N) is 2. The fourth-order valence-electron chi connectivity index (χ4n) is 3.61. The van der Waals surface area contributed by atoms with Crippen molar-refractivity contribution in [2.75, 3.05) is 23.9 Å². The van der Waals surface area contributed by atoms with E-state index in [0.29, 0.717) is 27.9 Å². The van der Waals surface area contributed by atoms with E-state index in [-0.39, 0.29) is 36.2 Å². The van der Waals surface area contributed by atoms with Crippen LogP contribution in [0.4, 0.5) is 17.1 Å². The number of nitro benzene ring substituents is 1. The topological polar surface area (TPSA) is 111 Å². The molecule has 0 aromatic heterocycles. The minimum absolute atomic E-state index is 0.0176. The van der Waals surface area contributed by atoms with Crippen LogP contribution in [0.15, 0.2) is 66.7 Å². The molecule has 0 radical (unpaired) electrons. The number of nitrogens with one attached hydrogen (secondary N) is 1. The van der Waals surface area contributed by atoms with E-state index in [9.17, 15) is 19.7 Å². The lowest BCUT2D eigenvalue weighted by atomic mass is 10.1. The van der Waals surface area contributed by atoms with Gasteiger partial charge in [0.25, 0.3) is 5.69 Å². The molecular weight excluding hydrogens is 462 g/mol. The molecule has 0 spiro atoms. The van der Waals surface area contributed by atoms with Crippen LogP contribution in [-0.2, 0) is 9.59 Å². The summed E-state index contributed by atoms with van der Waals surface area (Å²) in [6.45, 7) is 0.136. The van der Waals surface area contributed by atoms with Gasteiger partial charge in [-0.25, -0.2) is 0 Å². The zero-order valence-corrected chi connectivity index (χ0v) is 18.8. The standard InChI is InChI=1S/C24H20ClN3O6/c1-33-22-13-18(28(31)32)6-11-21(22)27-14-15(12-23(27)29)24(30)26-17-4-9-20(10-5-17)34-19-7-2-16(25)3-8-19/h2-11,13,15H,12,14H2,1H3,(H,26,30)/t15-/m1/s1. The van der Waals surface area contributed by atoms with E-state index >= 15 is 0 Å². The first-order chi connectivity index (χ1) is 16.3. The number of non-ortho nitro benzene ring substituents is 1. The smallest absolute Gasteiger partial charge is 0.273 e. The second-order valence-corrected chi connectivity index (χ2v) is 8.02. The van der Waals surface area contributed by atoms with Crippen molar-refractivity contribution in [2.45, 2.75) is 6.42 Å². The molecule has 1 aliphatic rings. The largest absolute Gasteiger partial charge is 0.494 e. The first-order valence-corrected chi connectivity index (χ1v) is 10.7. The van der Waals surface area contributed by atoms with E-state index in [1.165, 1.54) is 30.2 Å². The molecule has 4 rings (SSSR count). The summed E-state index contributed by atoms with van der Waals surface area (Å²) in [5.41, 5.74) is 0.800. The molecule has 1 aliphatic heterocycles. The summed E-state index contributed by atoms with van der Waals surface area (Å²) in [6, 6.07) is 17.8. The molecule has 1 atom stereocenters. The molecule has 0 unspecified atom stereocenters. The number of carbonyl (C=O) groups excluding carboxylic acids is 2. The molecule has 1 saturated heterocycles. The Hall–Kier alpha value is -4.11. The molecule has 2 amide bonds. The molecule has 9 nitrogen and oxygen atoms in total. The zero-order chi connectivity index (χ0) is 24.2. The van der Waals surface area contributed by atoms with Gasteiger partial charge in [-0.3, -0.25) is 19.7 Å². The van der Waals surface area contributed by atoms with Gasteiger partial charge < -0.3 is 19.7 Å². The number of amides is 2. The average Bonchev–Trinajstić information content (AvgIpc) is 3.22. The third kappa shape index (κ3) is 5.10. The van der Waals surface area contributed by atoms with Gasteiger partial charge in [-0.1, -0.05) is 11.6 Å². The van der Waals surface area contributed by atoms with Crippen LogP contribution in [0.1, 0.15) is 6.42 Å². The van der Waals surface area contributed by atoms with Gasteiger partial charge in [0, 0.05) is 29.7 Å². The predicted molar refractivity (Wildman–Crippen MR) is 127 cm³/mol. The summed E-state index contributed by atoms with van der Waals surface area (Å²) in [4.78, 5) is 37.3. The quantitative estimate of drug-likeness (QED) is 0.374. The predicted octanol–water partition coefficient (Wildman–Crippen LogP) is 5.04. The number of hydrogen-bond donors (Lipinski definition) is 1. The third-order valence-electron chi connectivity index (χ3n) is 5.33. The van der Waals surface area contributed by atoms with Gasteiger partial charge in [0.05, 0.1) is 29.7 Å². The lowest BCUT2D eigenvalue weighted by molar-refractivity contribution is -0.384. The summed E-state index contributed by atoms with van der Waals surface area (Å²) in [5, 5.41) is 14.4. The molecule has 0 saturated carbocycles. The Morgan fingerprint density at radius 1 is 1.09 bits per heavy atom. The summed E-state index contributed by atoms with van der Waals surface area (Å²) in [6.07, 6.45) is 0.0176. The monoisotopic (exact) mass is 481 g/mol. The lowest BCUT2D eigenvalue weighted by Crippen LogP contribution is -2.28.